The van der Waals surface area contributed by atoms with Crippen molar-refractivity contribution in [2.45, 2.75) is 52.5 Å². The maximum Gasteiger partial charge on any atom is 0.0664 e. The zero-order valence-corrected chi connectivity index (χ0v) is 11.3. The predicted molar refractivity (Wildman–Crippen MR) is 73.0 cm³/mol. The molecule has 96 valence electrons. The van der Waals surface area contributed by atoms with Gasteiger partial charge in [0.25, 0.3) is 0 Å². The number of nitrogens with two attached hydrogens (primary N) is 1. The Balaban J connectivity index is 2.62. The molecular weight excluding hydrogens is 210 g/mol. The minimum absolute atomic E-state index is 0.539. The highest BCUT2D eigenvalue weighted by Gasteiger charge is 2.07. The number of hydrogen-bond donors (Lipinski definition) is 1. The molecule has 0 aromatic carbocycles. The zero-order valence-electron chi connectivity index (χ0n) is 11.3. The van der Waals surface area contributed by atoms with Crippen LogP contribution in [0.1, 0.15) is 51.8 Å². The maximum absolute atomic E-state index is 5.49. The summed E-state index contributed by atoms with van der Waals surface area (Å²) < 4.78 is 2.10. The van der Waals surface area contributed by atoms with Crippen LogP contribution < -0.4 is 5.73 Å². The lowest BCUT2D eigenvalue weighted by Crippen LogP contribution is -2.08. The molecular formula is C14H25N3. The minimum Gasteiger partial charge on any atom is -0.330 e. The largest absolute Gasteiger partial charge is 0.330 e. The third kappa shape index (κ3) is 4.35. The molecule has 3 heteroatoms. The second-order valence-corrected chi connectivity index (χ2v) is 4.56. The smallest absolute Gasteiger partial charge is 0.0664 e. The zero-order chi connectivity index (χ0) is 12.7. The lowest BCUT2D eigenvalue weighted by molar-refractivity contribution is 0.426. The molecule has 0 amide bonds. The topological polar surface area (TPSA) is 43.8 Å². The molecule has 1 aromatic heterocycles. The van der Waals surface area contributed by atoms with Gasteiger partial charge in [-0.1, -0.05) is 25.5 Å². The second-order valence-electron chi connectivity index (χ2n) is 4.56. The predicted octanol–water partition coefficient (Wildman–Crippen LogP) is 3.08. The molecule has 0 aliphatic heterocycles. The van der Waals surface area contributed by atoms with Gasteiger partial charge in [-0.05, 0) is 38.8 Å². The van der Waals surface area contributed by atoms with E-state index in [1.807, 2.05) is 0 Å². The molecule has 1 heterocycles. The van der Waals surface area contributed by atoms with Crippen molar-refractivity contribution in [1.29, 1.82) is 0 Å². The molecule has 0 atom stereocenters. The molecule has 0 unspecified atom stereocenters. The Hall–Kier alpha value is -1.09. The molecule has 2 N–H and O–H groups in total. The highest BCUT2D eigenvalue weighted by atomic mass is 15.3. The Labute approximate surface area is 105 Å². The summed E-state index contributed by atoms with van der Waals surface area (Å²) in [4.78, 5) is 0. The van der Waals surface area contributed by atoms with Crippen molar-refractivity contribution in [2.75, 3.05) is 6.54 Å². The summed E-state index contributed by atoms with van der Waals surface area (Å²) in [5, 5.41) is 4.64. The molecule has 0 saturated heterocycles. The lowest BCUT2D eigenvalue weighted by atomic mass is 10.1. The summed E-state index contributed by atoms with van der Waals surface area (Å²) in [6.45, 7) is 7.29. The van der Waals surface area contributed by atoms with Crippen LogP contribution in [-0.2, 0) is 6.42 Å². The monoisotopic (exact) mass is 235 g/mol. The molecule has 1 rings (SSSR count). The number of rotatable bonds is 7. The molecule has 0 radical (unpaired) electrons. The van der Waals surface area contributed by atoms with E-state index in [0.29, 0.717) is 6.04 Å². The van der Waals surface area contributed by atoms with Crippen LogP contribution in [0.2, 0.25) is 0 Å². The molecule has 0 spiro atoms. The number of aromatic nitrogens is 2. The van der Waals surface area contributed by atoms with E-state index in [-0.39, 0.29) is 0 Å². The molecule has 1 aromatic rings. The van der Waals surface area contributed by atoms with Crippen LogP contribution in [0.25, 0.3) is 0 Å². The van der Waals surface area contributed by atoms with E-state index in [1.54, 1.807) is 0 Å². The van der Waals surface area contributed by atoms with Crippen molar-refractivity contribution in [1.82, 2.24) is 9.78 Å². The van der Waals surface area contributed by atoms with E-state index < -0.39 is 0 Å². The summed E-state index contributed by atoms with van der Waals surface area (Å²) in [6.07, 6.45) is 8.48. The van der Waals surface area contributed by atoms with Crippen molar-refractivity contribution >= 4 is 0 Å². The molecule has 17 heavy (non-hydrogen) atoms. The SMILES string of the molecule is CCC(CC)n1ccc(CC(C)=CCCN)n1. The van der Waals surface area contributed by atoms with Gasteiger partial charge in [-0.15, -0.1) is 0 Å². The second kappa shape index (κ2) is 7.28. The lowest BCUT2D eigenvalue weighted by Gasteiger charge is -2.12. The average molecular weight is 235 g/mol. The molecule has 0 saturated carbocycles. The number of nitrogens with zero attached hydrogens (tertiary/aromatic N) is 2. The van der Waals surface area contributed by atoms with Gasteiger partial charge < -0.3 is 5.73 Å². The third-order valence-corrected chi connectivity index (χ3v) is 3.10. The molecule has 0 aliphatic carbocycles. The van der Waals surface area contributed by atoms with E-state index in [0.717, 1.165) is 37.9 Å². The van der Waals surface area contributed by atoms with Gasteiger partial charge in [-0.25, -0.2) is 0 Å². The Bertz CT molecular complexity index is 348. The van der Waals surface area contributed by atoms with Crippen molar-refractivity contribution < 1.29 is 0 Å². The Kier molecular flexibility index (Phi) is 5.98. The molecule has 0 aliphatic rings. The van der Waals surface area contributed by atoms with Gasteiger partial charge in [0, 0.05) is 12.6 Å². The fourth-order valence-corrected chi connectivity index (χ4v) is 2.03. The summed E-state index contributed by atoms with van der Waals surface area (Å²) in [5.74, 6) is 0. The fraction of sp³-hybridized carbons (Fsp3) is 0.643. The third-order valence-electron chi connectivity index (χ3n) is 3.10. The maximum atomic E-state index is 5.49. The van der Waals surface area contributed by atoms with Crippen molar-refractivity contribution in [3.63, 3.8) is 0 Å². The number of allylic oxidation sites excluding steroid dienone is 1. The summed E-state index contributed by atoms with van der Waals surface area (Å²) in [5.41, 5.74) is 7.99. The van der Waals surface area contributed by atoms with Crippen LogP contribution in [-0.4, -0.2) is 16.3 Å². The average Bonchev–Trinajstić information content (AvgIpc) is 2.76. The Morgan fingerprint density at radius 3 is 2.76 bits per heavy atom. The quantitative estimate of drug-likeness (QED) is 0.738. The van der Waals surface area contributed by atoms with Crippen LogP contribution >= 0.6 is 0 Å². The first kappa shape index (κ1) is 14.0. The van der Waals surface area contributed by atoms with Crippen LogP contribution in [0.4, 0.5) is 0 Å². The van der Waals surface area contributed by atoms with Gasteiger partial charge in [0.15, 0.2) is 0 Å². The fourth-order valence-electron chi connectivity index (χ4n) is 2.03. The molecule has 0 bridgehead atoms. The van der Waals surface area contributed by atoms with Crippen molar-refractivity contribution in [3.8, 4) is 0 Å². The summed E-state index contributed by atoms with van der Waals surface area (Å²) in [6, 6.07) is 2.66. The Morgan fingerprint density at radius 1 is 1.47 bits per heavy atom. The van der Waals surface area contributed by atoms with Gasteiger partial charge in [-0.3, -0.25) is 4.68 Å². The van der Waals surface area contributed by atoms with Crippen LogP contribution in [0, 0.1) is 0 Å². The van der Waals surface area contributed by atoms with Gasteiger partial charge in [0.2, 0.25) is 0 Å². The van der Waals surface area contributed by atoms with E-state index in [2.05, 4.69) is 48.9 Å². The minimum atomic E-state index is 0.539. The normalized spacial score (nSPS) is 12.4. The van der Waals surface area contributed by atoms with Crippen molar-refractivity contribution in [2.24, 2.45) is 5.73 Å². The van der Waals surface area contributed by atoms with Gasteiger partial charge in [0.05, 0.1) is 11.7 Å². The Morgan fingerprint density at radius 2 is 2.18 bits per heavy atom. The first-order valence-electron chi connectivity index (χ1n) is 6.61. The van der Waals surface area contributed by atoms with Crippen molar-refractivity contribution in [3.05, 3.63) is 29.6 Å². The highest BCUT2D eigenvalue weighted by Crippen LogP contribution is 2.15. The van der Waals surface area contributed by atoms with Gasteiger partial charge in [0.1, 0.15) is 0 Å². The molecule has 3 nitrogen and oxygen atoms in total. The van der Waals surface area contributed by atoms with Gasteiger partial charge >= 0.3 is 0 Å². The van der Waals surface area contributed by atoms with Gasteiger partial charge in [-0.2, -0.15) is 5.10 Å². The van der Waals surface area contributed by atoms with Crippen LogP contribution in [0.15, 0.2) is 23.9 Å². The van der Waals surface area contributed by atoms with E-state index in [4.69, 9.17) is 5.73 Å². The first-order chi connectivity index (χ1) is 8.21. The van der Waals surface area contributed by atoms with E-state index in [1.165, 1.54) is 5.57 Å². The highest BCUT2D eigenvalue weighted by molar-refractivity contribution is 5.12. The van der Waals surface area contributed by atoms with E-state index in [9.17, 15) is 0 Å². The van der Waals surface area contributed by atoms with Crippen LogP contribution in [0.3, 0.4) is 0 Å². The van der Waals surface area contributed by atoms with Crippen LogP contribution in [0.5, 0.6) is 0 Å². The first-order valence-corrected chi connectivity index (χ1v) is 6.61. The summed E-state index contributed by atoms with van der Waals surface area (Å²) >= 11 is 0. The number of hydrogen-bond acceptors (Lipinski definition) is 2. The standard InChI is InChI=1S/C14H25N3/c1-4-14(5-2)17-10-8-13(16-17)11-12(3)7-6-9-15/h7-8,10,14H,4-6,9,11,15H2,1-3H3. The molecule has 0 fully saturated rings. The summed E-state index contributed by atoms with van der Waals surface area (Å²) in [7, 11) is 0. The van der Waals surface area contributed by atoms with E-state index >= 15 is 0 Å².